The van der Waals surface area contributed by atoms with Gasteiger partial charge in [-0.05, 0) is 73.4 Å². The Balaban J connectivity index is 2.33. The third kappa shape index (κ3) is 5.60. The lowest BCUT2D eigenvalue weighted by molar-refractivity contribution is 0.0501. The van der Waals surface area contributed by atoms with Gasteiger partial charge < -0.3 is 19.1 Å². The number of carbonyl (C=O) groups excluding carboxylic acids is 1. The predicted molar refractivity (Wildman–Crippen MR) is 114 cm³/mol. The summed E-state index contributed by atoms with van der Waals surface area (Å²) in [4.78, 5) is 14.1. The number of hydrogen-bond acceptors (Lipinski definition) is 5. The quantitative estimate of drug-likeness (QED) is 0.376. The summed E-state index contributed by atoms with van der Waals surface area (Å²) in [5, 5.41) is 0. The van der Waals surface area contributed by atoms with E-state index in [4.69, 9.17) is 14.2 Å². The first-order valence-corrected chi connectivity index (χ1v) is 9.26. The van der Waals surface area contributed by atoms with Crippen molar-refractivity contribution in [3.8, 4) is 5.75 Å². The van der Waals surface area contributed by atoms with Gasteiger partial charge in [-0.25, -0.2) is 4.79 Å². The molecular formula is C23H29NO4. The van der Waals surface area contributed by atoms with Crippen LogP contribution in [0.25, 0.3) is 12.2 Å². The van der Waals surface area contributed by atoms with Crippen molar-refractivity contribution in [2.45, 2.75) is 20.8 Å². The number of nitrogens with zero attached hydrogens (tertiary/aromatic N) is 1. The fourth-order valence-electron chi connectivity index (χ4n) is 2.94. The molecule has 0 spiro atoms. The van der Waals surface area contributed by atoms with Gasteiger partial charge in [0.15, 0.2) is 6.79 Å². The minimum atomic E-state index is -0.313. The molecule has 5 nitrogen and oxygen atoms in total. The molecule has 0 aromatic heterocycles. The highest BCUT2D eigenvalue weighted by Crippen LogP contribution is 2.26. The summed E-state index contributed by atoms with van der Waals surface area (Å²) >= 11 is 0. The van der Waals surface area contributed by atoms with E-state index in [0.717, 1.165) is 33.7 Å². The zero-order valence-electron chi connectivity index (χ0n) is 17.5. The molecule has 28 heavy (non-hydrogen) atoms. The van der Waals surface area contributed by atoms with Crippen molar-refractivity contribution in [3.63, 3.8) is 0 Å². The Morgan fingerprint density at radius 2 is 1.61 bits per heavy atom. The van der Waals surface area contributed by atoms with Crippen LogP contribution in [0.5, 0.6) is 5.75 Å². The Hall–Kier alpha value is -2.79. The summed E-state index contributed by atoms with van der Waals surface area (Å²) in [5.74, 6) is 0.533. The van der Waals surface area contributed by atoms with E-state index in [0.29, 0.717) is 12.2 Å². The topological polar surface area (TPSA) is 48.0 Å². The van der Waals surface area contributed by atoms with Gasteiger partial charge in [-0.15, -0.1) is 0 Å². The van der Waals surface area contributed by atoms with Crippen molar-refractivity contribution in [3.05, 3.63) is 58.1 Å². The van der Waals surface area contributed by atoms with Crippen molar-refractivity contribution in [2.75, 3.05) is 39.5 Å². The van der Waals surface area contributed by atoms with E-state index in [9.17, 15) is 4.79 Å². The van der Waals surface area contributed by atoms with Crippen LogP contribution >= 0.6 is 0 Å². The van der Waals surface area contributed by atoms with E-state index in [1.54, 1.807) is 14.0 Å². The average Bonchev–Trinajstić information content (AvgIpc) is 2.65. The number of aryl methyl sites for hydroxylation is 2. The SMILES string of the molecule is CCOC(=O)c1cc(/C=C/c2cc(C)c(OCOC)c(C)c2)cc(N(C)C)c1. The Labute approximate surface area is 167 Å². The highest BCUT2D eigenvalue weighted by atomic mass is 16.7. The second-order valence-electron chi connectivity index (χ2n) is 6.80. The number of benzene rings is 2. The van der Waals surface area contributed by atoms with Crippen molar-refractivity contribution in [1.29, 1.82) is 0 Å². The summed E-state index contributed by atoms with van der Waals surface area (Å²) in [6.45, 7) is 6.41. The molecule has 0 aliphatic carbocycles. The molecule has 0 N–H and O–H groups in total. The molecule has 0 saturated heterocycles. The lowest BCUT2D eigenvalue weighted by atomic mass is 10.0. The Bertz CT molecular complexity index is 833. The van der Waals surface area contributed by atoms with E-state index in [1.807, 2.05) is 63.2 Å². The van der Waals surface area contributed by atoms with Crippen molar-refractivity contribution < 1.29 is 19.0 Å². The Morgan fingerprint density at radius 1 is 1.00 bits per heavy atom. The van der Waals surface area contributed by atoms with Crippen LogP contribution in [0.4, 0.5) is 5.69 Å². The summed E-state index contributed by atoms with van der Waals surface area (Å²) in [7, 11) is 5.50. The third-order valence-electron chi connectivity index (χ3n) is 4.24. The molecule has 5 heteroatoms. The van der Waals surface area contributed by atoms with E-state index >= 15 is 0 Å². The van der Waals surface area contributed by atoms with Crippen LogP contribution in [0.15, 0.2) is 30.3 Å². The van der Waals surface area contributed by atoms with Crippen LogP contribution in [-0.2, 0) is 9.47 Å². The van der Waals surface area contributed by atoms with Crippen molar-refractivity contribution in [1.82, 2.24) is 0 Å². The zero-order valence-corrected chi connectivity index (χ0v) is 17.5. The maximum absolute atomic E-state index is 12.2. The Morgan fingerprint density at radius 3 is 2.14 bits per heavy atom. The summed E-state index contributed by atoms with van der Waals surface area (Å²) < 4.78 is 15.8. The van der Waals surface area contributed by atoms with Gasteiger partial charge in [0.1, 0.15) is 5.75 Å². The molecule has 0 aliphatic heterocycles. The van der Waals surface area contributed by atoms with Gasteiger partial charge in [-0.1, -0.05) is 12.2 Å². The molecule has 0 bridgehead atoms. The number of esters is 1. The molecule has 2 rings (SSSR count). The van der Waals surface area contributed by atoms with Crippen LogP contribution in [0.3, 0.4) is 0 Å². The van der Waals surface area contributed by atoms with Gasteiger partial charge in [0.2, 0.25) is 0 Å². The van der Waals surface area contributed by atoms with E-state index in [2.05, 4.69) is 12.1 Å². The Kier molecular flexibility index (Phi) is 7.64. The average molecular weight is 383 g/mol. The molecule has 0 unspecified atom stereocenters. The van der Waals surface area contributed by atoms with Crippen LogP contribution in [0, 0.1) is 13.8 Å². The van der Waals surface area contributed by atoms with Gasteiger partial charge in [0.05, 0.1) is 12.2 Å². The van der Waals surface area contributed by atoms with E-state index in [-0.39, 0.29) is 12.8 Å². The number of rotatable bonds is 8. The van der Waals surface area contributed by atoms with Gasteiger partial charge in [0, 0.05) is 26.9 Å². The molecule has 0 radical (unpaired) electrons. The molecular weight excluding hydrogens is 354 g/mol. The van der Waals surface area contributed by atoms with E-state index < -0.39 is 0 Å². The number of hydrogen-bond donors (Lipinski definition) is 0. The number of ether oxygens (including phenoxy) is 3. The molecule has 0 atom stereocenters. The molecule has 0 aliphatic rings. The molecule has 2 aromatic rings. The molecule has 0 saturated carbocycles. The van der Waals surface area contributed by atoms with E-state index in [1.165, 1.54) is 0 Å². The molecule has 0 heterocycles. The fourth-order valence-corrected chi connectivity index (χ4v) is 2.94. The second kappa shape index (κ2) is 9.95. The smallest absolute Gasteiger partial charge is 0.338 e. The summed E-state index contributed by atoms with van der Waals surface area (Å²) in [5.41, 5.74) is 5.58. The lowest BCUT2D eigenvalue weighted by Crippen LogP contribution is -2.11. The first-order valence-electron chi connectivity index (χ1n) is 9.26. The number of methoxy groups -OCH3 is 1. The minimum absolute atomic E-state index is 0.227. The van der Waals surface area contributed by atoms with Crippen LogP contribution in [0.1, 0.15) is 39.5 Å². The monoisotopic (exact) mass is 383 g/mol. The normalized spacial score (nSPS) is 10.9. The molecule has 150 valence electrons. The first-order chi connectivity index (χ1) is 13.3. The highest BCUT2D eigenvalue weighted by molar-refractivity contribution is 5.92. The summed E-state index contributed by atoms with van der Waals surface area (Å²) in [6, 6.07) is 9.85. The van der Waals surface area contributed by atoms with Gasteiger partial charge in [-0.3, -0.25) is 0 Å². The zero-order chi connectivity index (χ0) is 20.7. The lowest BCUT2D eigenvalue weighted by Gasteiger charge is -2.15. The third-order valence-corrected chi connectivity index (χ3v) is 4.24. The van der Waals surface area contributed by atoms with Gasteiger partial charge >= 0.3 is 5.97 Å². The molecule has 2 aromatic carbocycles. The molecule has 0 fully saturated rings. The largest absolute Gasteiger partial charge is 0.467 e. The summed E-state index contributed by atoms with van der Waals surface area (Å²) in [6.07, 6.45) is 4.03. The fraction of sp³-hybridized carbons (Fsp3) is 0.348. The molecule has 0 amide bonds. The maximum atomic E-state index is 12.2. The number of anilines is 1. The van der Waals surface area contributed by atoms with Gasteiger partial charge in [-0.2, -0.15) is 0 Å². The standard InChI is InChI=1S/C23H29NO4/c1-7-27-23(25)20-12-19(13-21(14-20)24(4)5)9-8-18-10-16(2)22(17(3)11-18)28-15-26-6/h8-14H,7,15H2,1-6H3/b9-8+. The van der Waals surface area contributed by atoms with Crippen molar-refractivity contribution >= 4 is 23.8 Å². The minimum Gasteiger partial charge on any atom is -0.467 e. The van der Waals surface area contributed by atoms with Crippen LogP contribution in [0.2, 0.25) is 0 Å². The van der Waals surface area contributed by atoms with Crippen molar-refractivity contribution in [2.24, 2.45) is 0 Å². The first kappa shape index (κ1) is 21.5. The van der Waals surface area contributed by atoms with Crippen LogP contribution < -0.4 is 9.64 Å². The number of carbonyl (C=O) groups is 1. The van der Waals surface area contributed by atoms with Gasteiger partial charge in [0.25, 0.3) is 0 Å². The predicted octanol–water partition coefficient (Wildman–Crippen LogP) is 4.70. The van der Waals surface area contributed by atoms with Crippen LogP contribution in [-0.4, -0.2) is 40.6 Å². The maximum Gasteiger partial charge on any atom is 0.338 e. The highest BCUT2D eigenvalue weighted by Gasteiger charge is 2.10. The second-order valence-corrected chi connectivity index (χ2v) is 6.80.